The first kappa shape index (κ1) is 8.50. The molecule has 0 amide bonds. The fourth-order valence-electron chi connectivity index (χ4n) is 0.527. The molecule has 54 valence electrons. The minimum absolute atomic E-state index is 0.611. The maximum atomic E-state index is 4.84. The van der Waals surface area contributed by atoms with Crippen molar-refractivity contribution in [3.05, 3.63) is 12.3 Å². The predicted octanol–water partition coefficient (Wildman–Crippen LogP) is 1.15. The number of nitrogens with one attached hydrogen (secondary N) is 1. The van der Waals surface area contributed by atoms with Crippen molar-refractivity contribution < 1.29 is 4.74 Å². The molecule has 1 N–H and O–H groups in total. The maximum absolute atomic E-state index is 4.84. The van der Waals surface area contributed by atoms with Crippen molar-refractivity contribution >= 4 is 0 Å². The van der Waals surface area contributed by atoms with Crippen molar-refractivity contribution in [3.8, 4) is 0 Å². The van der Waals surface area contributed by atoms with Gasteiger partial charge in [-0.2, -0.15) is 0 Å². The van der Waals surface area contributed by atoms with Gasteiger partial charge in [0.25, 0.3) is 0 Å². The lowest BCUT2D eigenvalue weighted by molar-refractivity contribution is 0.220. The van der Waals surface area contributed by atoms with E-state index < -0.39 is 0 Å². The summed E-state index contributed by atoms with van der Waals surface area (Å²) in [5, 5.41) is 3.11. The number of hydrogen-bond donors (Lipinski definition) is 1. The van der Waals surface area contributed by atoms with Crippen molar-refractivity contribution in [2.45, 2.75) is 13.3 Å². The number of hydrogen-bond acceptors (Lipinski definition) is 2. The van der Waals surface area contributed by atoms with Gasteiger partial charge in [-0.25, -0.2) is 0 Å². The molecule has 2 heteroatoms. The Morgan fingerprint density at radius 2 is 2.33 bits per heavy atom. The average molecular weight is 129 g/mol. The molecule has 0 spiro atoms. The van der Waals surface area contributed by atoms with Crippen molar-refractivity contribution in [2.24, 2.45) is 0 Å². The third-order valence-corrected chi connectivity index (χ3v) is 0.944. The molecule has 0 aromatic carbocycles. The minimum Gasteiger partial charge on any atom is -0.387 e. The Labute approximate surface area is 56.9 Å². The number of rotatable bonds is 5. The highest BCUT2D eigenvalue weighted by Crippen LogP contribution is 1.83. The second-order valence-electron chi connectivity index (χ2n) is 1.96. The van der Waals surface area contributed by atoms with Gasteiger partial charge < -0.3 is 10.1 Å². The monoisotopic (exact) mass is 129 g/mol. The van der Waals surface area contributed by atoms with E-state index in [9.17, 15) is 0 Å². The fraction of sp³-hybridized carbons (Fsp3) is 0.714. The van der Waals surface area contributed by atoms with Crippen LogP contribution in [0.1, 0.15) is 13.3 Å². The quantitative estimate of drug-likeness (QED) is 0.601. The second kappa shape index (κ2) is 5.63. The van der Waals surface area contributed by atoms with Crippen LogP contribution >= 0.6 is 0 Å². The molecule has 0 atom stereocenters. The van der Waals surface area contributed by atoms with Crippen LogP contribution in [-0.2, 0) is 4.74 Å². The van der Waals surface area contributed by atoms with Gasteiger partial charge in [-0.1, -0.05) is 13.5 Å². The highest BCUT2D eigenvalue weighted by atomic mass is 16.5. The smallest absolute Gasteiger partial charge is 0.0852 e. The SMILES string of the molecule is C=C(COC)NCCC. The molecule has 2 nitrogen and oxygen atoms in total. The summed E-state index contributed by atoms with van der Waals surface area (Å²) >= 11 is 0. The van der Waals surface area contributed by atoms with Crippen molar-refractivity contribution in [1.82, 2.24) is 5.32 Å². The molecule has 0 aromatic rings. The average Bonchev–Trinajstić information content (AvgIpc) is 1.85. The summed E-state index contributed by atoms with van der Waals surface area (Å²) in [7, 11) is 1.67. The van der Waals surface area contributed by atoms with Gasteiger partial charge >= 0.3 is 0 Å². The van der Waals surface area contributed by atoms with Crippen LogP contribution in [0.4, 0.5) is 0 Å². The molecule has 9 heavy (non-hydrogen) atoms. The molecule has 0 radical (unpaired) electrons. The molecule has 0 aliphatic carbocycles. The summed E-state index contributed by atoms with van der Waals surface area (Å²) in [5.41, 5.74) is 0.958. The summed E-state index contributed by atoms with van der Waals surface area (Å²) < 4.78 is 4.84. The zero-order valence-electron chi connectivity index (χ0n) is 6.24. The Morgan fingerprint density at radius 3 is 2.78 bits per heavy atom. The topological polar surface area (TPSA) is 21.3 Å². The second-order valence-corrected chi connectivity index (χ2v) is 1.96. The standard InChI is InChI=1S/C7H15NO/c1-4-5-8-7(2)6-9-3/h8H,2,4-6H2,1,3H3. The first-order chi connectivity index (χ1) is 4.31. The third-order valence-electron chi connectivity index (χ3n) is 0.944. The van der Waals surface area contributed by atoms with E-state index in [1.807, 2.05) is 0 Å². The highest BCUT2D eigenvalue weighted by molar-refractivity contribution is 4.90. The minimum atomic E-state index is 0.611. The van der Waals surface area contributed by atoms with Gasteiger partial charge in [0.2, 0.25) is 0 Å². The Kier molecular flexibility index (Phi) is 5.32. The first-order valence-corrected chi connectivity index (χ1v) is 3.21. The summed E-state index contributed by atoms with van der Waals surface area (Å²) in [4.78, 5) is 0. The van der Waals surface area contributed by atoms with Crippen molar-refractivity contribution in [1.29, 1.82) is 0 Å². The molecule has 0 bridgehead atoms. The molecule has 0 aliphatic rings. The molecule has 0 saturated carbocycles. The van der Waals surface area contributed by atoms with Crippen LogP contribution in [0, 0.1) is 0 Å². The van der Waals surface area contributed by atoms with E-state index in [2.05, 4.69) is 18.8 Å². The van der Waals surface area contributed by atoms with Gasteiger partial charge in [-0.3, -0.25) is 0 Å². The summed E-state index contributed by atoms with van der Waals surface area (Å²) in [6.07, 6.45) is 1.13. The van der Waals surface area contributed by atoms with Crippen LogP contribution in [0.5, 0.6) is 0 Å². The van der Waals surface area contributed by atoms with Gasteiger partial charge in [0.05, 0.1) is 6.61 Å². The van der Waals surface area contributed by atoms with Crippen LogP contribution in [-0.4, -0.2) is 20.3 Å². The zero-order valence-corrected chi connectivity index (χ0v) is 6.24. The molecular weight excluding hydrogens is 114 g/mol. The van der Waals surface area contributed by atoms with Crippen LogP contribution in [0.2, 0.25) is 0 Å². The van der Waals surface area contributed by atoms with Crippen LogP contribution in [0.15, 0.2) is 12.3 Å². The molecule has 0 aromatic heterocycles. The third kappa shape index (κ3) is 5.37. The van der Waals surface area contributed by atoms with Gasteiger partial charge in [0.15, 0.2) is 0 Å². The van der Waals surface area contributed by atoms with E-state index >= 15 is 0 Å². The van der Waals surface area contributed by atoms with Crippen LogP contribution in [0.3, 0.4) is 0 Å². The Morgan fingerprint density at radius 1 is 1.67 bits per heavy atom. The van der Waals surface area contributed by atoms with E-state index in [0.29, 0.717) is 6.61 Å². The predicted molar refractivity (Wildman–Crippen MR) is 39.3 cm³/mol. The molecule has 0 saturated heterocycles. The number of ether oxygens (including phenoxy) is 1. The van der Waals surface area contributed by atoms with Crippen molar-refractivity contribution in [2.75, 3.05) is 20.3 Å². The van der Waals surface area contributed by atoms with Crippen LogP contribution < -0.4 is 5.32 Å². The Bertz CT molecular complexity index is 81.0. The Balaban J connectivity index is 3.06. The molecule has 0 fully saturated rings. The Hall–Kier alpha value is -0.500. The summed E-state index contributed by atoms with van der Waals surface area (Å²) in [5.74, 6) is 0. The van der Waals surface area contributed by atoms with Gasteiger partial charge in [0, 0.05) is 19.4 Å². The summed E-state index contributed by atoms with van der Waals surface area (Å²) in [6, 6.07) is 0. The van der Waals surface area contributed by atoms with Crippen molar-refractivity contribution in [3.63, 3.8) is 0 Å². The van der Waals surface area contributed by atoms with Crippen LogP contribution in [0.25, 0.3) is 0 Å². The molecule has 0 heterocycles. The molecule has 0 aliphatic heterocycles. The van der Waals surface area contributed by atoms with E-state index in [0.717, 1.165) is 18.7 Å². The molecule has 0 rings (SSSR count). The molecule has 0 unspecified atom stereocenters. The lowest BCUT2D eigenvalue weighted by Gasteiger charge is -2.05. The zero-order chi connectivity index (χ0) is 7.11. The normalized spacial score (nSPS) is 9.11. The van der Waals surface area contributed by atoms with E-state index in [-0.39, 0.29) is 0 Å². The van der Waals surface area contributed by atoms with E-state index in [1.54, 1.807) is 7.11 Å². The lowest BCUT2D eigenvalue weighted by Crippen LogP contribution is -2.16. The molecular formula is C7H15NO. The number of methoxy groups -OCH3 is 1. The van der Waals surface area contributed by atoms with E-state index in [1.165, 1.54) is 0 Å². The largest absolute Gasteiger partial charge is 0.387 e. The first-order valence-electron chi connectivity index (χ1n) is 3.21. The maximum Gasteiger partial charge on any atom is 0.0852 e. The van der Waals surface area contributed by atoms with Gasteiger partial charge in [-0.15, -0.1) is 0 Å². The lowest BCUT2D eigenvalue weighted by atomic mass is 10.4. The van der Waals surface area contributed by atoms with Gasteiger partial charge in [-0.05, 0) is 6.42 Å². The van der Waals surface area contributed by atoms with E-state index in [4.69, 9.17) is 4.74 Å². The summed E-state index contributed by atoms with van der Waals surface area (Å²) in [6.45, 7) is 7.46. The van der Waals surface area contributed by atoms with Gasteiger partial charge in [0.1, 0.15) is 0 Å². The fourth-order valence-corrected chi connectivity index (χ4v) is 0.527. The highest BCUT2D eigenvalue weighted by Gasteiger charge is 1.87.